The third kappa shape index (κ3) is 3.14. The summed E-state index contributed by atoms with van der Waals surface area (Å²) in [5, 5.41) is 0. The third-order valence-electron chi connectivity index (χ3n) is 2.63. The van der Waals surface area contributed by atoms with Crippen LogP contribution in [0.4, 0.5) is 5.69 Å². The van der Waals surface area contributed by atoms with E-state index in [1.165, 1.54) is 12.8 Å². The Morgan fingerprint density at radius 3 is 3.00 bits per heavy atom. The van der Waals surface area contributed by atoms with Gasteiger partial charge in [0, 0.05) is 10.6 Å². The van der Waals surface area contributed by atoms with E-state index in [2.05, 4.69) is 0 Å². The lowest BCUT2D eigenvalue weighted by molar-refractivity contribution is 0.171. The Morgan fingerprint density at radius 2 is 2.27 bits per heavy atom. The van der Waals surface area contributed by atoms with E-state index in [1.54, 1.807) is 11.8 Å². The number of rotatable bonds is 5. The SMILES string of the molecule is Cc1cccc(SCOCC2CC2)c1N. The molecular weight excluding hydrogens is 206 g/mol. The minimum Gasteiger partial charge on any atom is -0.398 e. The molecule has 2 N–H and O–H groups in total. The van der Waals surface area contributed by atoms with Crippen LogP contribution in [0.5, 0.6) is 0 Å². The monoisotopic (exact) mass is 223 g/mol. The topological polar surface area (TPSA) is 35.2 Å². The average molecular weight is 223 g/mol. The average Bonchev–Trinajstić information content (AvgIpc) is 3.02. The maximum Gasteiger partial charge on any atom is 0.0967 e. The number of para-hydroxylation sites is 1. The van der Waals surface area contributed by atoms with Crippen molar-refractivity contribution in [1.29, 1.82) is 0 Å². The van der Waals surface area contributed by atoms with E-state index in [1.807, 2.05) is 25.1 Å². The first-order chi connectivity index (χ1) is 7.27. The predicted molar refractivity (Wildman–Crippen MR) is 65.0 cm³/mol. The van der Waals surface area contributed by atoms with Crippen molar-refractivity contribution in [3.8, 4) is 0 Å². The quantitative estimate of drug-likeness (QED) is 0.360. The highest BCUT2D eigenvalue weighted by molar-refractivity contribution is 7.99. The van der Waals surface area contributed by atoms with Crippen LogP contribution in [0.25, 0.3) is 0 Å². The van der Waals surface area contributed by atoms with Gasteiger partial charge in [-0.25, -0.2) is 0 Å². The molecule has 0 saturated heterocycles. The van der Waals surface area contributed by atoms with Crippen molar-refractivity contribution >= 4 is 17.4 Å². The van der Waals surface area contributed by atoms with Crippen LogP contribution >= 0.6 is 11.8 Å². The molecule has 1 aliphatic carbocycles. The molecule has 2 nitrogen and oxygen atoms in total. The second kappa shape index (κ2) is 4.90. The van der Waals surface area contributed by atoms with Crippen molar-refractivity contribution in [1.82, 2.24) is 0 Å². The van der Waals surface area contributed by atoms with Gasteiger partial charge in [0.25, 0.3) is 0 Å². The van der Waals surface area contributed by atoms with Crippen LogP contribution < -0.4 is 5.73 Å². The van der Waals surface area contributed by atoms with Crippen LogP contribution in [0.3, 0.4) is 0 Å². The second-order valence-electron chi connectivity index (χ2n) is 4.06. The Labute approximate surface area is 95.2 Å². The van der Waals surface area contributed by atoms with Gasteiger partial charge < -0.3 is 10.5 Å². The fraction of sp³-hybridized carbons (Fsp3) is 0.500. The van der Waals surface area contributed by atoms with Crippen LogP contribution in [0.1, 0.15) is 18.4 Å². The molecule has 1 aromatic carbocycles. The molecule has 1 fully saturated rings. The first-order valence-corrected chi connectivity index (χ1v) is 6.31. The molecule has 1 aliphatic rings. The molecule has 0 aromatic heterocycles. The summed E-state index contributed by atoms with van der Waals surface area (Å²) in [6.07, 6.45) is 2.69. The standard InChI is InChI=1S/C12H17NOS/c1-9-3-2-4-11(12(9)13)15-8-14-7-10-5-6-10/h2-4,10H,5-8,13H2,1H3. The van der Waals surface area contributed by atoms with Gasteiger partial charge in [0.05, 0.1) is 12.5 Å². The van der Waals surface area contributed by atoms with E-state index in [-0.39, 0.29) is 0 Å². The number of hydrogen-bond donors (Lipinski definition) is 1. The smallest absolute Gasteiger partial charge is 0.0967 e. The Morgan fingerprint density at radius 1 is 1.47 bits per heavy atom. The predicted octanol–water partition coefficient (Wildman–Crippen LogP) is 3.05. The van der Waals surface area contributed by atoms with Gasteiger partial charge in [-0.05, 0) is 37.3 Å². The summed E-state index contributed by atoms with van der Waals surface area (Å²) in [5.41, 5.74) is 7.99. The lowest BCUT2D eigenvalue weighted by Crippen LogP contribution is -1.97. The van der Waals surface area contributed by atoms with E-state index < -0.39 is 0 Å². The number of aryl methyl sites for hydroxylation is 1. The fourth-order valence-corrected chi connectivity index (χ4v) is 2.18. The van der Waals surface area contributed by atoms with Crippen molar-refractivity contribution in [3.05, 3.63) is 23.8 Å². The highest BCUT2D eigenvalue weighted by Crippen LogP contribution is 2.31. The van der Waals surface area contributed by atoms with Crippen LogP contribution in [-0.4, -0.2) is 12.5 Å². The minimum absolute atomic E-state index is 0.712. The number of hydrogen-bond acceptors (Lipinski definition) is 3. The summed E-state index contributed by atoms with van der Waals surface area (Å²) in [5.74, 6) is 1.55. The maximum atomic E-state index is 5.96. The van der Waals surface area contributed by atoms with E-state index in [4.69, 9.17) is 10.5 Å². The molecule has 3 heteroatoms. The second-order valence-corrected chi connectivity index (χ2v) is 5.03. The summed E-state index contributed by atoms with van der Waals surface area (Å²) in [4.78, 5) is 1.13. The highest BCUT2D eigenvalue weighted by atomic mass is 32.2. The summed E-state index contributed by atoms with van der Waals surface area (Å²) >= 11 is 1.68. The molecule has 82 valence electrons. The van der Waals surface area contributed by atoms with Gasteiger partial charge in [-0.15, -0.1) is 0 Å². The van der Waals surface area contributed by atoms with Crippen LogP contribution in [-0.2, 0) is 4.74 Å². The molecule has 0 bridgehead atoms. The molecule has 2 rings (SSSR count). The van der Waals surface area contributed by atoms with Crippen molar-refractivity contribution in [3.63, 3.8) is 0 Å². The van der Waals surface area contributed by atoms with Crippen molar-refractivity contribution in [2.45, 2.75) is 24.7 Å². The van der Waals surface area contributed by atoms with Crippen LogP contribution in [0, 0.1) is 12.8 Å². The first-order valence-electron chi connectivity index (χ1n) is 5.33. The van der Waals surface area contributed by atoms with E-state index in [0.717, 1.165) is 28.7 Å². The van der Waals surface area contributed by atoms with Crippen LogP contribution in [0.2, 0.25) is 0 Å². The molecule has 15 heavy (non-hydrogen) atoms. The molecule has 1 aromatic rings. The van der Waals surface area contributed by atoms with Gasteiger partial charge >= 0.3 is 0 Å². The lowest BCUT2D eigenvalue weighted by Gasteiger charge is -2.07. The number of ether oxygens (including phenoxy) is 1. The van der Waals surface area contributed by atoms with Gasteiger partial charge in [0.1, 0.15) is 0 Å². The number of nitrogens with two attached hydrogens (primary N) is 1. The Balaban J connectivity index is 1.78. The Kier molecular flexibility index (Phi) is 3.54. The minimum atomic E-state index is 0.712. The van der Waals surface area contributed by atoms with Gasteiger partial charge in [0.2, 0.25) is 0 Å². The lowest BCUT2D eigenvalue weighted by atomic mass is 10.2. The van der Waals surface area contributed by atoms with Gasteiger partial charge in [-0.1, -0.05) is 23.9 Å². The summed E-state index contributed by atoms with van der Waals surface area (Å²) < 4.78 is 5.56. The van der Waals surface area contributed by atoms with Crippen LogP contribution in [0.15, 0.2) is 23.1 Å². The molecular formula is C12H17NOS. The molecule has 0 radical (unpaired) electrons. The van der Waals surface area contributed by atoms with E-state index in [9.17, 15) is 0 Å². The Bertz CT molecular complexity index is 336. The molecule has 0 aliphatic heterocycles. The van der Waals surface area contributed by atoms with Gasteiger partial charge in [0.15, 0.2) is 0 Å². The van der Waals surface area contributed by atoms with Crippen molar-refractivity contribution in [2.75, 3.05) is 18.3 Å². The third-order valence-corrected chi connectivity index (χ3v) is 3.58. The highest BCUT2D eigenvalue weighted by Gasteiger charge is 2.20. The molecule has 0 heterocycles. The van der Waals surface area contributed by atoms with E-state index in [0.29, 0.717) is 5.94 Å². The van der Waals surface area contributed by atoms with Gasteiger partial charge in [-0.3, -0.25) is 0 Å². The van der Waals surface area contributed by atoms with E-state index >= 15 is 0 Å². The Hall–Kier alpha value is -0.670. The summed E-state index contributed by atoms with van der Waals surface area (Å²) in [6.45, 7) is 2.95. The van der Waals surface area contributed by atoms with Gasteiger partial charge in [-0.2, -0.15) is 0 Å². The van der Waals surface area contributed by atoms with Crippen molar-refractivity contribution in [2.24, 2.45) is 5.92 Å². The molecule has 0 spiro atoms. The molecule has 0 unspecified atom stereocenters. The zero-order valence-corrected chi connectivity index (χ0v) is 9.85. The number of thioether (sulfide) groups is 1. The molecule has 0 amide bonds. The normalized spacial score (nSPS) is 15.5. The summed E-state index contributed by atoms with van der Waals surface area (Å²) in [7, 11) is 0. The maximum absolute atomic E-state index is 5.96. The zero-order valence-electron chi connectivity index (χ0n) is 9.03. The largest absolute Gasteiger partial charge is 0.398 e. The fourth-order valence-electron chi connectivity index (χ4n) is 1.38. The molecule has 1 saturated carbocycles. The first kappa shape index (κ1) is 10.8. The summed E-state index contributed by atoms with van der Waals surface area (Å²) in [6, 6.07) is 6.12. The zero-order chi connectivity index (χ0) is 10.7. The molecule has 0 atom stereocenters. The number of benzene rings is 1. The van der Waals surface area contributed by atoms with Crippen molar-refractivity contribution < 1.29 is 4.74 Å². The number of anilines is 1. The number of nitrogen functional groups attached to an aromatic ring is 1.